The van der Waals surface area contributed by atoms with Gasteiger partial charge in [0.15, 0.2) is 0 Å². The average Bonchev–Trinajstić information content (AvgIpc) is 2.55. The van der Waals surface area contributed by atoms with Gasteiger partial charge in [-0.3, -0.25) is 9.69 Å². The van der Waals surface area contributed by atoms with Crippen LogP contribution in [-0.4, -0.2) is 11.4 Å². The summed E-state index contributed by atoms with van der Waals surface area (Å²) in [5, 5.41) is 3.38. The Hall–Kier alpha value is -2.12. The summed E-state index contributed by atoms with van der Waals surface area (Å²) in [6.07, 6.45) is -4.49. The summed E-state index contributed by atoms with van der Waals surface area (Å²) < 4.78 is 38.0. The summed E-state index contributed by atoms with van der Waals surface area (Å²) in [5.74, 6) is -0.770. The molecule has 0 fully saturated rings. The Kier molecular flexibility index (Phi) is 5.46. The highest BCUT2D eigenvalue weighted by Gasteiger charge is 2.31. The second-order valence-electron chi connectivity index (χ2n) is 4.66. The quantitative estimate of drug-likeness (QED) is 0.420. The van der Waals surface area contributed by atoms with Gasteiger partial charge in [-0.1, -0.05) is 23.2 Å². The van der Waals surface area contributed by atoms with Crippen molar-refractivity contribution in [2.75, 3.05) is 4.90 Å². The lowest BCUT2D eigenvalue weighted by molar-refractivity contribution is -0.137. The van der Waals surface area contributed by atoms with Crippen molar-refractivity contribution in [1.82, 2.24) is 0 Å². The van der Waals surface area contributed by atoms with Crippen molar-refractivity contribution >= 4 is 40.5 Å². The molecule has 4 nitrogen and oxygen atoms in total. The van der Waals surface area contributed by atoms with Gasteiger partial charge in [-0.05, 0) is 48.5 Å². The van der Waals surface area contributed by atoms with Crippen LogP contribution in [0.4, 0.5) is 24.5 Å². The summed E-state index contributed by atoms with van der Waals surface area (Å²) in [5.41, 5.74) is 5.03. The van der Waals surface area contributed by atoms with Crippen molar-refractivity contribution in [3.05, 3.63) is 59.1 Å². The van der Waals surface area contributed by atoms with E-state index < -0.39 is 23.1 Å². The smallest absolute Gasteiger partial charge is 0.278 e. The Labute approximate surface area is 145 Å². The fourth-order valence-corrected chi connectivity index (χ4v) is 2.18. The zero-order valence-electron chi connectivity index (χ0n) is 11.9. The fourth-order valence-electron chi connectivity index (χ4n) is 1.95. The first-order valence-corrected chi connectivity index (χ1v) is 7.33. The first kappa shape index (κ1) is 18.2. The van der Waals surface area contributed by atoms with Crippen molar-refractivity contribution in [3.8, 4) is 0 Å². The summed E-state index contributed by atoms with van der Waals surface area (Å²) in [6, 6.07) is 10.0. The molecule has 1 unspecified atom stereocenters. The van der Waals surface area contributed by atoms with Crippen LogP contribution in [0.3, 0.4) is 0 Å². The molecule has 1 amide bonds. The van der Waals surface area contributed by atoms with Gasteiger partial charge in [-0.2, -0.15) is 18.3 Å². The molecule has 1 N–H and O–H groups in total. The lowest BCUT2D eigenvalue weighted by Gasteiger charge is -2.24. The maximum absolute atomic E-state index is 12.7. The summed E-state index contributed by atoms with van der Waals surface area (Å²) in [7, 11) is 0. The van der Waals surface area contributed by atoms with Crippen molar-refractivity contribution in [1.29, 1.82) is 5.53 Å². The first-order valence-electron chi connectivity index (χ1n) is 6.51. The lowest BCUT2D eigenvalue weighted by atomic mass is 10.1. The number of halogens is 5. The number of hydrogen-bond acceptors (Lipinski definition) is 3. The molecule has 0 radical (unpaired) electrons. The Bertz CT molecular complexity index is 733. The van der Waals surface area contributed by atoms with Gasteiger partial charge in [-0.25, -0.2) is 5.53 Å². The molecular weight excluding hydrogens is 366 g/mol. The molecule has 0 saturated carbocycles. The third-order valence-corrected chi connectivity index (χ3v) is 3.61. The van der Waals surface area contributed by atoms with Gasteiger partial charge in [-0.15, -0.1) is 0 Å². The van der Waals surface area contributed by atoms with Crippen molar-refractivity contribution < 1.29 is 18.0 Å². The van der Waals surface area contributed by atoms with Crippen LogP contribution in [0.15, 0.2) is 53.6 Å². The Balaban J connectivity index is 2.48. The summed E-state index contributed by atoms with van der Waals surface area (Å²) in [6.45, 7) is 0. The monoisotopic (exact) mass is 375 g/mol. The molecule has 126 valence electrons. The molecule has 0 bridgehead atoms. The van der Waals surface area contributed by atoms with Gasteiger partial charge >= 0.3 is 6.18 Å². The highest BCUT2D eigenvalue weighted by molar-refractivity contribution is 6.33. The molecule has 9 heteroatoms. The van der Waals surface area contributed by atoms with E-state index in [-0.39, 0.29) is 5.69 Å². The van der Waals surface area contributed by atoms with Crippen molar-refractivity contribution in [3.63, 3.8) is 0 Å². The van der Waals surface area contributed by atoms with Gasteiger partial charge in [0.2, 0.25) is 5.50 Å². The van der Waals surface area contributed by atoms with Crippen LogP contribution in [0.2, 0.25) is 5.02 Å². The molecule has 0 aliphatic rings. The van der Waals surface area contributed by atoms with E-state index in [2.05, 4.69) is 5.11 Å². The molecule has 0 spiro atoms. The summed E-state index contributed by atoms with van der Waals surface area (Å²) in [4.78, 5) is 13.4. The number of benzene rings is 2. The molecule has 1 atom stereocenters. The predicted molar refractivity (Wildman–Crippen MR) is 84.8 cm³/mol. The molecule has 0 heterocycles. The van der Waals surface area contributed by atoms with Crippen LogP contribution in [0.25, 0.3) is 0 Å². The maximum atomic E-state index is 12.7. The van der Waals surface area contributed by atoms with Crippen molar-refractivity contribution in [2.45, 2.75) is 11.7 Å². The van der Waals surface area contributed by atoms with E-state index in [0.29, 0.717) is 10.7 Å². The van der Waals surface area contributed by atoms with Crippen LogP contribution < -0.4 is 4.90 Å². The van der Waals surface area contributed by atoms with Crippen LogP contribution >= 0.6 is 23.2 Å². The molecular formula is C15H10Cl2F3N3O. The van der Waals surface area contributed by atoms with E-state index >= 15 is 0 Å². The number of carbonyl (C=O) groups is 1. The molecule has 2 aromatic rings. The van der Waals surface area contributed by atoms with E-state index in [1.807, 2.05) is 0 Å². The highest BCUT2D eigenvalue weighted by Crippen LogP contribution is 2.33. The van der Waals surface area contributed by atoms with Crippen LogP contribution in [0.1, 0.15) is 5.56 Å². The third-order valence-electron chi connectivity index (χ3n) is 3.08. The second kappa shape index (κ2) is 7.19. The van der Waals surface area contributed by atoms with E-state index in [9.17, 15) is 18.0 Å². The Morgan fingerprint density at radius 1 is 1.04 bits per heavy atom. The standard InChI is InChI=1S/C15H10Cl2F3N3O/c16-10-3-7-12(8-4-10)23(14(24)13(17)22-21)11-5-1-9(2-6-11)15(18,19)20/h1-8,13,21H. The fraction of sp³-hybridized carbons (Fsp3) is 0.133. The van der Waals surface area contributed by atoms with Crippen LogP contribution in [0, 0.1) is 5.53 Å². The van der Waals surface area contributed by atoms with Crippen molar-refractivity contribution in [2.24, 2.45) is 5.11 Å². The topological polar surface area (TPSA) is 56.5 Å². The van der Waals surface area contributed by atoms with Gasteiger partial charge in [0.25, 0.3) is 5.91 Å². The molecule has 2 aromatic carbocycles. The number of carbonyl (C=O) groups excluding carboxylic acids is 1. The minimum absolute atomic E-state index is 0.157. The SMILES string of the molecule is N=NC(Cl)C(=O)N(c1ccc(Cl)cc1)c1ccc(C(F)(F)F)cc1. The third kappa shape index (κ3) is 4.04. The van der Waals surface area contributed by atoms with Gasteiger partial charge < -0.3 is 0 Å². The predicted octanol–water partition coefficient (Wildman–Crippen LogP) is 5.62. The maximum Gasteiger partial charge on any atom is 0.416 e. The molecule has 0 saturated heterocycles. The van der Waals surface area contributed by atoms with E-state index in [1.54, 1.807) is 0 Å². The van der Waals surface area contributed by atoms with Gasteiger partial charge in [0, 0.05) is 16.4 Å². The van der Waals surface area contributed by atoms with E-state index in [4.69, 9.17) is 28.7 Å². The molecule has 24 heavy (non-hydrogen) atoms. The van der Waals surface area contributed by atoms with E-state index in [0.717, 1.165) is 29.2 Å². The minimum atomic E-state index is -4.49. The van der Waals surface area contributed by atoms with E-state index in [1.165, 1.54) is 24.3 Å². The Morgan fingerprint density at radius 2 is 1.50 bits per heavy atom. The number of amides is 1. The molecule has 2 rings (SSSR count). The molecule has 0 aromatic heterocycles. The average molecular weight is 376 g/mol. The number of nitrogens with zero attached hydrogens (tertiary/aromatic N) is 2. The first-order chi connectivity index (χ1) is 11.2. The highest BCUT2D eigenvalue weighted by atomic mass is 35.5. The number of anilines is 2. The van der Waals surface area contributed by atoms with Gasteiger partial charge in [0.05, 0.1) is 5.56 Å². The number of alkyl halides is 4. The zero-order chi connectivity index (χ0) is 17.9. The number of hydrogen-bond donors (Lipinski definition) is 1. The summed E-state index contributed by atoms with van der Waals surface area (Å²) >= 11 is 11.5. The molecule has 0 aliphatic heterocycles. The number of rotatable bonds is 4. The van der Waals surface area contributed by atoms with Gasteiger partial charge in [0.1, 0.15) is 0 Å². The zero-order valence-corrected chi connectivity index (χ0v) is 13.4. The minimum Gasteiger partial charge on any atom is -0.278 e. The lowest BCUT2D eigenvalue weighted by Crippen LogP contribution is -2.32. The largest absolute Gasteiger partial charge is 0.416 e. The van der Waals surface area contributed by atoms with Crippen LogP contribution in [-0.2, 0) is 11.0 Å². The number of nitrogens with one attached hydrogen (secondary N) is 1. The molecule has 0 aliphatic carbocycles. The van der Waals surface area contributed by atoms with Crippen LogP contribution in [0.5, 0.6) is 0 Å². The Morgan fingerprint density at radius 3 is 1.92 bits per heavy atom. The second-order valence-corrected chi connectivity index (χ2v) is 5.51. The normalized spacial score (nSPS) is 12.5.